The number of halogens is 1. The lowest BCUT2D eigenvalue weighted by Gasteiger charge is -2.12. The molecule has 100 valence electrons. The molecule has 2 rings (SSSR count). The molecule has 0 aliphatic carbocycles. The second-order valence-corrected chi connectivity index (χ2v) is 5.28. The van der Waals surface area contributed by atoms with Crippen LogP contribution in [0.3, 0.4) is 0 Å². The lowest BCUT2D eigenvalue weighted by molar-refractivity contribution is 0.111. The summed E-state index contributed by atoms with van der Waals surface area (Å²) in [6.07, 6.45) is 0.705. The zero-order valence-electron chi connectivity index (χ0n) is 11.2. The molecule has 0 unspecified atom stereocenters. The monoisotopic (exact) mass is 295 g/mol. The molecule has 0 aliphatic rings. The number of rotatable bonds is 2. The molecule has 0 radical (unpaired) electrons. The lowest BCUT2D eigenvalue weighted by atomic mass is 10.1. The van der Waals surface area contributed by atoms with E-state index in [1.165, 1.54) is 4.68 Å². The molecule has 4 nitrogen and oxygen atoms in total. The van der Waals surface area contributed by atoms with E-state index in [4.69, 9.17) is 23.8 Å². The third kappa shape index (κ3) is 2.13. The summed E-state index contributed by atoms with van der Waals surface area (Å²) in [4.78, 5) is 11.0. The Morgan fingerprint density at radius 2 is 1.95 bits per heavy atom. The van der Waals surface area contributed by atoms with Gasteiger partial charge in [-0.3, -0.25) is 9.48 Å². The van der Waals surface area contributed by atoms with Gasteiger partial charge in [0, 0.05) is 14.1 Å². The molecule has 0 saturated carbocycles. The number of aldehydes is 1. The van der Waals surface area contributed by atoms with Crippen molar-refractivity contribution in [1.29, 1.82) is 0 Å². The van der Waals surface area contributed by atoms with Crippen molar-refractivity contribution >= 4 is 30.1 Å². The van der Waals surface area contributed by atoms with E-state index in [0.717, 1.165) is 21.5 Å². The maximum Gasteiger partial charge on any atom is 0.169 e. The number of aryl methyl sites for hydroxylation is 3. The summed E-state index contributed by atoms with van der Waals surface area (Å²) in [6.45, 7) is 3.94. The quantitative estimate of drug-likeness (QED) is 0.631. The van der Waals surface area contributed by atoms with Crippen molar-refractivity contribution in [3.05, 3.63) is 32.6 Å². The Bertz CT molecular complexity index is 730. The Morgan fingerprint density at radius 3 is 2.47 bits per heavy atom. The van der Waals surface area contributed by atoms with E-state index in [9.17, 15) is 4.79 Å². The van der Waals surface area contributed by atoms with Crippen LogP contribution in [0.25, 0.3) is 11.4 Å². The van der Waals surface area contributed by atoms with Crippen LogP contribution in [0.15, 0.2) is 6.07 Å². The van der Waals surface area contributed by atoms with Gasteiger partial charge in [0.15, 0.2) is 6.29 Å². The Balaban J connectivity index is 2.84. The fraction of sp³-hybridized carbons (Fsp3) is 0.308. The second kappa shape index (κ2) is 4.90. The van der Waals surface area contributed by atoms with Crippen LogP contribution < -0.4 is 0 Å². The molecule has 19 heavy (non-hydrogen) atoms. The highest BCUT2D eigenvalue weighted by atomic mass is 35.5. The molecule has 0 aliphatic heterocycles. The third-order valence-corrected chi connectivity index (χ3v) is 4.12. The zero-order chi connectivity index (χ0) is 14.3. The van der Waals surface area contributed by atoms with Gasteiger partial charge in [-0.1, -0.05) is 29.9 Å². The number of hydrogen-bond acceptors (Lipinski definition) is 3. The van der Waals surface area contributed by atoms with E-state index in [0.29, 0.717) is 22.7 Å². The molecule has 2 heterocycles. The molecule has 0 N–H and O–H groups in total. The highest BCUT2D eigenvalue weighted by molar-refractivity contribution is 7.71. The SMILES string of the molecule is Cc1cc(C)c(=S)n(C)c1-c1nn(C)c(C=O)c1Cl. The van der Waals surface area contributed by atoms with Crippen molar-refractivity contribution in [3.8, 4) is 11.4 Å². The predicted octanol–water partition coefficient (Wildman–Crippen LogP) is 3.24. The Hall–Kier alpha value is -1.46. The van der Waals surface area contributed by atoms with Crippen LogP contribution in [0.2, 0.25) is 5.02 Å². The fourth-order valence-electron chi connectivity index (χ4n) is 2.22. The summed E-state index contributed by atoms with van der Waals surface area (Å²) >= 11 is 11.6. The van der Waals surface area contributed by atoms with Crippen molar-refractivity contribution < 1.29 is 4.79 Å². The van der Waals surface area contributed by atoms with Gasteiger partial charge in [-0.15, -0.1) is 0 Å². The van der Waals surface area contributed by atoms with Crippen molar-refractivity contribution in [1.82, 2.24) is 14.3 Å². The van der Waals surface area contributed by atoms with Crippen LogP contribution in [0.1, 0.15) is 21.6 Å². The van der Waals surface area contributed by atoms with Gasteiger partial charge in [0.1, 0.15) is 16.0 Å². The topological polar surface area (TPSA) is 39.8 Å². The molecule has 0 amide bonds. The van der Waals surface area contributed by atoms with Crippen LogP contribution in [0, 0.1) is 18.5 Å². The number of aromatic nitrogens is 3. The summed E-state index contributed by atoms with van der Waals surface area (Å²) in [5, 5.41) is 4.69. The highest BCUT2D eigenvalue weighted by Gasteiger charge is 2.19. The molecule has 0 saturated heterocycles. The van der Waals surface area contributed by atoms with E-state index < -0.39 is 0 Å². The summed E-state index contributed by atoms with van der Waals surface area (Å²) < 4.78 is 4.09. The fourth-order valence-corrected chi connectivity index (χ4v) is 2.67. The van der Waals surface area contributed by atoms with Crippen molar-refractivity contribution in [3.63, 3.8) is 0 Å². The Labute approximate surface area is 121 Å². The average Bonchev–Trinajstić information content (AvgIpc) is 2.62. The first kappa shape index (κ1) is 14.0. The highest BCUT2D eigenvalue weighted by Crippen LogP contribution is 2.31. The maximum atomic E-state index is 11.0. The van der Waals surface area contributed by atoms with Crippen LogP contribution in [0.5, 0.6) is 0 Å². The summed E-state index contributed by atoms with van der Waals surface area (Å²) in [5.41, 5.74) is 3.83. The van der Waals surface area contributed by atoms with Gasteiger partial charge in [0.25, 0.3) is 0 Å². The number of carbonyl (C=O) groups excluding carboxylic acids is 1. The summed E-state index contributed by atoms with van der Waals surface area (Å²) in [5.74, 6) is 0. The van der Waals surface area contributed by atoms with Crippen LogP contribution in [0.4, 0.5) is 0 Å². The predicted molar refractivity (Wildman–Crippen MR) is 78.3 cm³/mol. The molecule has 2 aromatic heterocycles. The number of pyridine rings is 1. The average molecular weight is 296 g/mol. The largest absolute Gasteiger partial charge is 0.333 e. The molecule has 6 heteroatoms. The number of nitrogens with zero attached hydrogens (tertiary/aromatic N) is 3. The van der Waals surface area contributed by atoms with Gasteiger partial charge >= 0.3 is 0 Å². The Kier molecular flexibility index (Phi) is 3.60. The molecular formula is C13H14ClN3OS. The van der Waals surface area contributed by atoms with Crippen LogP contribution in [-0.2, 0) is 14.1 Å². The van der Waals surface area contributed by atoms with E-state index in [-0.39, 0.29) is 0 Å². The van der Waals surface area contributed by atoms with Gasteiger partial charge in [-0.05, 0) is 25.0 Å². The summed E-state index contributed by atoms with van der Waals surface area (Å²) in [6, 6.07) is 2.00. The molecule has 0 aromatic carbocycles. The van der Waals surface area contributed by atoms with E-state index in [1.54, 1.807) is 7.05 Å². The summed E-state index contributed by atoms with van der Waals surface area (Å²) in [7, 11) is 3.57. The molecule has 0 bridgehead atoms. The first-order valence-electron chi connectivity index (χ1n) is 5.73. The lowest BCUT2D eigenvalue weighted by Crippen LogP contribution is -2.04. The van der Waals surface area contributed by atoms with Gasteiger partial charge in [0.2, 0.25) is 0 Å². The Morgan fingerprint density at radius 1 is 1.32 bits per heavy atom. The second-order valence-electron chi connectivity index (χ2n) is 4.51. The molecule has 2 aromatic rings. The standard InChI is InChI=1S/C13H14ClN3OS/c1-7-5-8(2)13(19)16(3)12(7)11-10(14)9(6-18)17(4)15-11/h5-6H,1-4H3. The van der Waals surface area contributed by atoms with Crippen molar-refractivity contribution in [2.24, 2.45) is 14.1 Å². The van der Waals surface area contributed by atoms with E-state index in [1.807, 2.05) is 31.5 Å². The van der Waals surface area contributed by atoms with Crippen molar-refractivity contribution in [2.75, 3.05) is 0 Å². The minimum absolute atomic E-state index is 0.356. The molecule has 0 atom stereocenters. The zero-order valence-corrected chi connectivity index (χ0v) is 12.8. The smallest absolute Gasteiger partial charge is 0.169 e. The van der Waals surface area contributed by atoms with E-state index in [2.05, 4.69) is 5.10 Å². The van der Waals surface area contributed by atoms with Gasteiger partial charge < -0.3 is 4.57 Å². The molecular weight excluding hydrogens is 282 g/mol. The minimum atomic E-state index is 0.356. The maximum absolute atomic E-state index is 11.0. The molecule has 0 spiro atoms. The van der Waals surface area contributed by atoms with Crippen LogP contribution in [-0.4, -0.2) is 20.6 Å². The van der Waals surface area contributed by atoms with E-state index >= 15 is 0 Å². The normalized spacial score (nSPS) is 10.8. The first-order chi connectivity index (χ1) is 8.88. The number of carbonyl (C=O) groups is 1. The first-order valence-corrected chi connectivity index (χ1v) is 6.52. The van der Waals surface area contributed by atoms with Gasteiger partial charge in [-0.2, -0.15) is 5.10 Å². The van der Waals surface area contributed by atoms with Crippen LogP contribution >= 0.6 is 23.8 Å². The van der Waals surface area contributed by atoms with Gasteiger partial charge in [-0.25, -0.2) is 0 Å². The van der Waals surface area contributed by atoms with Gasteiger partial charge in [0.05, 0.1) is 10.7 Å². The van der Waals surface area contributed by atoms with Crippen molar-refractivity contribution in [2.45, 2.75) is 13.8 Å². The minimum Gasteiger partial charge on any atom is -0.333 e. The third-order valence-electron chi connectivity index (χ3n) is 3.15. The number of hydrogen-bond donors (Lipinski definition) is 0. The molecule has 0 fully saturated rings.